The zero-order valence-corrected chi connectivity index (χ0v) is 22.0. The van der Waals surface area contributed by atoms with Crippen LogP contribution in [0.4, 0.5) is 10.2 Å². The van der Waals surface area contributed by atoms with Crippen molar-refractivity contribution in [3.8, 4) is 17.0 Å². The van der Waals surface area contributed by atoms with Crippen LogP contribution in [0.5, 0.6) is 5.75 Å². The van der Waals surface area contributed by atoms with E-state index in [2.05, 4.69) is 25.4 Å². The number of anilines is 1. The van der Waals surface area contributed by atoms with E-state index in [0.29, 0.717) is 60.4 Å². The largest absolute Gasteiger partial charge is 0.487 e. The highest BCUT2D eigenvalue weighted by Gasteiger charge is 2.50. The summed E-state index contributed by atoms with van der Waals surface area (Å²) in [4.78, 5) is 19.5. The third kappa shape index (κ3) is 4.85. The number of carbonyl (C=O) groups excluding carboxylic acids is 1. The Hall–Kier alpha value is -3.51. The van der Waals surface area contributed by atoms with E-state index in [4.69, 9.17) is 14.2 Å². The van der Waals surface area contributed by atoms with Gasteiger partial charge in [0.25, 0.3) is 0 Å². The molecule has 202 valence electrons. The zero-order valence-electron chi connectivity index (χ0n) is 22.0. The van der Waals surface area contributed by atoms with E-state index in [0.717, 1.165) is 13.1 Å². The number of amides is 1. The molecule has 3 aromatic rings. The minimum Gasteiger partial charge on any atom is -0.487 e. The first kappa shape index (κ1) is 24.8. The van der Waals surface area contributed by atoms with Crippen molar-refractivity contribution in [3.63, 3.8) is 0 Å². The van der Waals surface area contributed by atoms with Crippen molar-refractivity contribution in [2.45, 2.75) is 32.0 Å². The quantitative estimate of drug-likeness (QED) is 0.505. The molecule has 1 N–H and O–H groups in total. The number of morpholine rings is 1. The first-order chi connectivity index (χ1) is 18.2. The first-order valence-electron chi connectivity index (χ1n) is 12.9. The molecule has 38 heavy (non-hydrogen) atoms. The van der Waals surface area contributed by atoms with Crippen LogP contribution in [0.25, 0.3) is 16.8 Å². The molecule has 0 bridgehead atoms. The van der Waals surface area contributed by atoms with Crippen LogP contribution in [0.15, 0.2) is 29.5 Å². The lowest BCUT2D eigenvalue weighted by Gasteiger charge is -2.29. The van der Waals surface area contributed by atoms with Crippen LogP contribution in [-0.4, -0.2) is 87.7 Å². The highest BCUT2D eigenvalue weighted by molar-refractivity contribution is 5.99. The standard InChI is InChI=1S/C26H32FN7O4/c1-26(2)14-28-25(38-26)18-9-17(18)24(35)30-22-8-15-7-19(20(27)12-34(15)31-22)23-21(10-29-33(23)4)37-13-16-11-32(3)5-6-36-16/h7-8,10,12,16-18H,5-6,9,11,13-14H2,1-4H3,(H,30,31,35)/t16-,17?,18?/m1/s1. The van der Waals surface area contributed by atoms with Crippen LogP contribution in [0.1, 0.15) is 20.3 Å². The molecule has 2 unspecified atom stereocenters. The highest BCUT2D eigenvalue weighted by atomic mass is 19.1. The van der Waals surface area contributed by atoms with Gasteiger partial charge in [-0.05, 0) is 33.4 Å². The van der Waals surface area contributed by atoms with Gasteiger partial charge in [0.05, 0.1) is 37.0 Å². The smallest absolute Gasteiger partial charge is 0.229 e. The zero-order chi connectivity index (χ0) is 26.6. The number of halogens is 1. The number of aliphatic imine (C=N–C) groups is 1. The second-order valence-electron chi connectivity index (χ2n) is 10.9. The van der Waals surface area contributed by atoms with Gasteiger partial charge >= 0.3 is 0 Å². The predicted octanol–water partition coefficient (Wildman–Crippen LogP) is 2.37. The molecule has 5 heterocycles. The molecule has 2 fully saturated rings. The number of nitrogens with one attached hydrogen (secondary N) is 1. The number of hydrogen-bond donors (Lipinski definition) is 1. The summed E-state index contributed by atoms with van der Waals surface area (Å²) in [5.74, 6) is 0.651. The van der Waals surface area contributed by atoms with Crippen LogP contribution >= 0.6 is 0 Å². The van der Waals surface area contributed by atoms with E-state index in [-0.39, 0.29) is 29.4 Å². The van der Waals surface area contributed by atoms with E-state index >= 15 is 4.39 Å². The van der Waals surface area contributed by atoms with E-state index in [9.17, 15) is 4.79 Å². The molecule has 12 heteroatoms. The van der Waals surface area contributed by atoms with Crippen molar-refractivity contribution in [2.75, 3.05) is 45.2 Å². The summed E-state index contributed by atoms with van der Waals surface area (Å²) in [6.45, 7) is 7.20. The number of carbonyl (C=O) groups is 1. The van der Waals surface area contributed by atoms with Crippen molar-refractivity contribution in [1.82, 2.24) is 24.3 Å². The second kappa shape index (κ2) is 9.35. The Morgan fingerprint density at radius 2 is 2.16 bits per heavy atom. The topological polar surface area (TPSA) is 108 Å². The van der Waals surface area contributed by atoms with Crippen LogP contribution < -0.4 is 10.1 Å². The lowest BCUT2D eigenvalue weighted by Crippen LogP contribution is -2.42. The average molecular weight is 526 g/mol. The Morgan fingerprint density at radius 1 is 1.32 bits per heavy atom. The van der Waals surface area contributed by atoms with E-state index in [1.165, 1.54) is 10.7 Å². The van der Waals surface area contributed by atoms with Crippen molar-refractivity contribution >= 4 is 23.1 Å². The van der Waals surface area contributed by atoms with Gasteiger partial charge in [0.15, 0.2) is 23.3 Å². The fourth-order valence-corrected chi connectivity index (χ4v) is 5.02. The second-order valence-corrected chi connectivity index (χ2v) is 10.9. The Morgan fingerprint density at radius 3 is 2.92 bits per heavy atom. The minimum absolute atomic E-state index is 0.000486. The lowest BCUT2D eigenvalue weighted by molar-refractivity contribution is -0.117. The fraction of sp³-hybridized carbons (Fsp3) is 0.538. The van der Waals surface area contributed by atoms with Crippen molar-refractivity contribution in [1.29, 1.82) is 0 Å². The molecule has 1 saturated heterocycles. The molecule has 11 nitrogen and oxygen atoms in total. The Balaban J connectivity index is 1.17. The third-order valence-corrected chi connectivity index (χ3v) is 7.17. The summed E-state index contributed by atoms with van der Waals surface area (Å²) in [6.07, 6.45) is 3.50. The SMILES string of the molecule is CN1CCO[C@@H](COc2cnn(C)c2-c2cc3cc(NC(=O)C4CC4C4=NCC(C)(C)O4)nn3cc2F)C1. The van der Waals surface area contributed by atoms with Gasteiger partial charge in [0.2, 0.25) is 5.91 Å². The minimum atomic E-state index is -0.484. The Labute approximate surface area is 219 Å². The maximum atomic E-state index is 15.3. The van der Waals surface area contributed by atoms with Gasteiger partial charge in [0, 0.05) is 37.7 Å². The van der Waals surface area contributed by atoms with E-state index in [1.807, 2.05) is 20.9 Å². The highest BCUT2D eigenvalue weighted by Crippen LogP contribution is 2.43. The summed E-state index contributed by atoms with van der Waals surface area (Å²) in [5.41, 5.74) is 1.15. The molecule has 3 atom stereocenters. The van der Waals surface area contributed by atoms with Crippen LogP contribution in [0.3, 0.4) is 0 Å². The molecule has 3 aliphatic rings. The van der Waals surface area contributed by atoms with E-state index in [1.54, 1.807) is 30.1 Å². The number of likely N-dealkylation sites (N-methyl/N-ethyl adjacent to an activating group) is 1. The molecular formula is C26H32FN7O4. The number of pyridine rings is 1. The Kier molecular flexibility index (Phi) is 6.10. The number of nitrogens with zero attached hydrogens (tertiary/aromatic N) is 6. The number of rotatable bonds is 7. The molecular weight excluding hydrogens is 493 g/mol. The fourth-order valence-electron chi connectivity index (χ4n) is 5.02. The molecule has 0 aromatic carbocycles. The summed E-state index contributed by atoms with van der Waals surface area (Å²) in [6, 6.07) is 3.39. The summed E-state index contributed by atoms with van der Waals surface area (Å²) < 4.78 is 35.9. The van der Waals surface area contributed by atoms with Gasteiger partial charge in [-0.15, -0.1) is 5.10 Å². The van der Waals surface area contributed by atoms with Crippen molar-refractivity contribution < 1.29 is 23.4 Å². The van der Waals surface area contributed by atoms with Gasteiger partial charge < -0.3 is 24.4 Å². The summed E-state index contributed by atoms with van der Waals surface area (Å²) in [7, 11) is 3.78. The summed E-state index contributed by atoms with van der Waals surface area (Å²) >= 11 is 0. The van der Waals surface area contributed by atoms with Crippen molar-refractivity contribution in [2.24, 2.45) is 23.9 Å². The monoisotopic (exact) mass is 525 g/mol. The number of fused-ring (bicyclic) bond motifs is 1. The number of ether oxygens (including phenoxy) is 3. The first-order valence-corrected chi connectivity index (χ1v) is 12.9. The average Bonchev–Trinajstić information content (AvgIpc) is 3.27. The number of hydrogen-bond acceptors (Lipinski definition) is 8. The normalized spacial score (nSPS) is 24.8. The lowest BCUT2D eigenvalue weighted by atomic mass is 10.1. The van der Waals surface area contributed by atoms with Crippen LogP contribution in [-0.2, 0) is 21.3 Å². The maximum Gasteiger partial charge on any atom is 0.229 e. The molecule has 6 rings (SSSR count). The number of aromatic nitrogens is 4. The maximum absolute atomic E-state index is 15.3. The molecule has 0 spiro atoms. The molecule has 0 radical (unpaired) electrons. The molecule has 1 aliphatic carbocycles. The number of aryl methyl sites for hydroxylation is 1. The van der Waals surface area contributed by atoms with Crippen LogP contribution in [0, 0.1) is 17.7 Å². The van der Waals surface area contributed by atoms with Crippen LogP contribution in [0.2, 0.25) is 0 Å². The molecule has 3 aromatic heterocycles. The summed E-state index contributed by atoms with van der Waals surface area (Å²) in [5, 5.41) is 11.5. The predicted molar refractivity (Wildman–Crippen MR) is 138 cm³/mol. The third-order valence-electron chi connectivity index (χ3n) is 7.17. The molecule has 2 aliphatic heterocycles. The van der Waals surface area contributed by atoms with E-state index < -0.39 is 5.82 Å². The van der Waals surface area contributed by atoms with Crippen molar-refractivity contribution in [3.05, 3.63) is 30.3 Å². The van der Waals surface area contributed by atoms with Gasteiger partial charge in [0.1, 0.15) is 24.0 Å². The van der Waals surface area contributed by atoms with Gasteiger partial charge in [-0.1, -0.05) is 0 Å². The Bertz CT molecular complexity index is 1410. The molecule has 1 amide bonds. The molecule has 1 saturated carbocycles. The van der Waals surface area contributed by atoms with Gasteiger partial charge in [-0.25, -0.2) is 8.91 Å². The van der Waals surface area contributed by atoms with Gasteiger partial charge in [-0.3, -0.25) is 14.5 Å². The van der Waals surface area contributed by atoms with Gasteiger partial charge in [-0.2, -0.15) is 5.10 Å².